The number of aromatic nitrogens is 1. The molecule has 0 N–H and O–H groups in total. The zero-order chi connectivity index (χ0) is 12.3. The van der Waals surface area contributed by atoms with E-state index in [1.165, 1.54) is 24.4 Å². The van der Waals surface area contributed by atoms with E-state index in [0.717, 1.165) is 0 Å². The third-order valence-corrected chi connectivity index (χ3v) is 2.30. The van der Waals surface area contributed by atoms with Crippen molar-refractivity contribution in [2.24, 2.45) is 0 Å². The Morgan fingerprint density at radius 2 is 2.12 bits per heavy atom. The van der Waals surface area contributed by atoms with E-state index in [1.54, 1.807) is 12.1 Å². The Bertz CT molecular complexity index is 600. The fourth-order valence-electron chi connectivity index (χ4n) is 1.43. The van der Waals surface area contributed by atoms with Gasteiger partial charge in [0.2, 0.25) is 0 Å². The van der Waals surface area contributed by atoms with Crippen LogP contribution in [0, 0.1) is 17.1 Å². The minimum absolute atomic E-state index is 0.249. The first-order chi connectivity index (χ1) is 8.24. The molecule has 1 heterocycles. The number of hydrogen-bond donors (Lipinski definition) is 0. The van der Waals surface area contributed by atoms with Gasteiger partial charge in [-0.25, -0.2) is 4.39 Å². The maximum Gasteiger partial charge on any atom is 0.150 e. The summed E-state index contributed by atoms with van der Waals surface area (Å²) in [5.74, 6) is -0.451. The number of carbonyl (C=O) groups excluding carboxylic acids is 1. The average molecular weight is 226 g/mol. The van der Waals surface area contributed by atoms with E-state index >= 15 is 0 Å². The van der Waals surface area contributed by atoms with Gasteiger partial charge in [0.1, 0.15) is 18.2 Å². The fourth-order valence-corrected chi connectivity index (χ4v) is 1.43. The Balaban J connectivity index is 2.51. The van der Waals surface area contributed by atoms with Crippen LogP contribution < -0.4 is 0 Å². The van der Waals surface area contributed by atoms with Crippen molar-refractivity contribution in [1.29, 1.82) is 5.26 Å². The second-order valence-corrected chi connectivity index (χ2v) is 3.40. The second-order valence-electron chi connectivity index (χ2n) is 3.40. The molecule has 0 saturated carbocycles. The maximum absolute atomic E-state index is 13.6. The van der Waals surface area contributed by atoms with Crippen LogP contribution in [-0.2, 0) is 0 Å². The SMILES string of the molecule is N#Cc1ccc(-c2cc(C=O)ccc2F)nc1. The molecule has 0 atom stereocenters. The quantitative estimate of drug-likeness (QED) is 0.739. The highest BCUT2D eigenvalue weighted by molar-refractivity contribution is 5.78. The summed E-state index contributed by atoms with van der Waals surface area (Å²) in [5.41, 5.74) is 1.43. The number of benzene rings is 1. The lowest BCUT2D eigenvalue weighted by Crippen LogP contribution is -1.91. The van der Waals surface area contributed by atoms with Gasteiger partial charge in [0.05, 0.1) is 11.3 Å². The third kappa shape index (κ3) is 2.18. The van der Waals surface area contributed by atoms with Crippen molar-refractivity contribution in [3.05, 3.63) is 53.5 Å². The van der Waals surface area contributed by atoms with Crippen molar-refractivity contribution in [2.45, 2.75) is 0 Å². The molecule has 2 rings (SSSR count). The molecule has 0 spiro atoms. The van der Waals surface area contributed by atoms with Gasteiger partial charge in [-0.3, -0.25) is 9.78 Å². The summed E-state index contributed by atoms with van der Waals surface area (Å²) in [6.07, 6.45) is 2.01. The topological polar surface area (TPSA) is 53.8 Å². The number of nitriles is 1. The Morgan fingerprint density at radius 1 is 1.29 bits per heavy atom. The second kappa shape index (κ2) is 4.54. The van der Waals surface area contributed by atoms with E-state index in [-0.39, 0.29) is 5.56 Å². The van der Waals surface area contributed by atoms with Crippen LogP contribution in [0.2, 0.25) is 0 Å². The van der Waals surface area contributed by atoms with Crippen LogP contribution in [0.1, 0.15) is 15.9 Å². The van der Waals surface area contributed by atoms with Crippen LogP contribution in [0.25, 0.3) is 11.3 Å². The van der Waals surface area contributed by atoms with Crippen molar-refractivity contribution < 1.29 is 9.18 Å². The molecule has 0 aliphatic rings. The zero-order valence-electron chi connectivity index (χ0n) is 8.72. The van der Waals surface area contributed by atoms with Gasteiger partial charge in [0.15, 0.2) is 0 Å². The van der Waals surface area contributed by atoms with Crippen molar-refractivity contribution in [1.82, 2.24) is 4.98 Å². The van der Waals surface area contributed by atoms with Gasteiger partial charge in [-0.1, -0.05) is 0 Å². The van der Waals surface area contributed by atoms with E-state index in [9.17, 15) is 9.18 Å². The molecule has 0 aliphatic heterocycles. The van der Waals surface area contributed by atoms with Crippen molar-refractivity contribution >= 4 is 6.29 Å². The summed E-state index contributed by atoms with van der Waals surface area (Å²) in [6, 6.07) is 9.08. The van der Waals surface area contributed by atoms with Crippen LogP contribution in [0.5, 0.6) is 0 Å². The van der Waals surface area contributed by atoms with Crippen LogP contribution in [0.3, 0.4) is 0 Å². The first-order valence-corrected chi connectivity index (χ1v) is 4.86. The molecule has 1 aromatic heterocycles. The molecular formula is C13H7FN2O. The van der Waals surface area contributed by atoms with Crippen molar-refractivity contribution in [3.63, 3.8) is 0 Å². The predicted octanol–water partition coefficient (Wildman–Crippen LogP) is 2.57. The summed E-state index contributed by atoms with van der Waals surface area (Å²) >= 11 is 0. The van der Waals surface area contributed by atoms with Crippen LogP contribution in [0.4, 0.5) is 4.39 Å². The number of aldehydes is 1. The lowest BCUT2D eigenvalue weighted by Gasteiger charge is -2.03. The summed E-state index contributed by atoms with van der Waals surface area (Å²) < 4.78 is 13.6. The molecule has 0 unspecified atom stereocenters. The summed E-state index contributed by atoms with van der Waals surface area (Å²) in [6.45, 7) is 0. The van der Waals surface area contributed by atoms with Gasteiger partial charge < -0.3 is 0 Å². The van der Waals surface area contributed by atoms with E-state index in [1.807, 2.05) is 6.07 Å². The van der Waals surface area contributed by atoms with Gasteiger partial charge >= 0.3 is 0 Å². The first kappa shape index (κ1) is 11.0. The Kier molecular flexibility index (Phi) is 2.93. The van der Waals surface area contributed by atoms with E-state index in [4.69, 9.17) is 5.26 Å². The monoisotopic (exact) mass is 226 g/mol. The molecule has 1 aromatic carbocycles. The lowest BCUT2D eigenvalue weighted by molar-refractivity contribution is 0.112. The highest BCUT2D eigenvalue weighted by Crippen LogP contribution is 2.21. The standard InChI is InChI=1S/C13H7FN2O/c14-12-3-1-9(8-17)5-11(12)13-4-2-10(6-15)7-16-13/h1-5,7-8H. The molecule has 4 heteroatoms. The number of pyridine rings is 1. The number of hydrogen-bond acceptors (Lipinski definition) is 3. The van der Waals surface area contributed by atoms with Crippen LogP contribution in [-0.4, -0.2) is 11.3 Å². The fraction of sp³-hybridized carbons (Fsp3) is 0. The lowest BCUT2D eigenvalue weighted by atomic mass is 10.1. The van der Waals surface area contributed by atoms with Crippen molar-refractivity contribution in [2.75, 3.05) is 0 Å². The Morgan fingerprint density at radius 3 is 2.71 bits per heavy atom. The molecule has 2 aromatic rings. The van der Waals surface area contributed by atoms with E-state index in [2.05, 4.69) is 4.98 Å². The molecular weight excluding hydrogens is 219 g/mol. The van der Waals surface area contributed by atoms with Gasteiger partial charge in [-0.05, 0) is 30.3 Å². The molecule has 0 radical (unpaired) electrons. The first-order valence-electron chi connectivity index (χ1n) is 4.86. The predicted molar refractivity (Wildman–Crippen MR) is 59.7 cm³/mol. The molecule has 0 amide bonds. The highest BCUT2D eigenvalue weighted by atomic mass is 19.1. The smallest absolute Gasteiger partial charge is 0.150 e. The number of carbonyl (C=O) groups is 1. The van der Waals surface area contributed by atoms with Gasteiger partial charge in [0, 0.05) is 17.3 Å². The van der Waals surface area contributed by atoms with Gasteiger partial charge in [-0.2, -0.15) is 5.26 Å². The third-order valence-electron chi connectivity index (χ3n) is 2.30. The molecule has 3 nitrogen and oxygen atoms in total. The largest absolute Gasteiger partial charge is 0.298 e. The van der Waals surface area contributed by atoms with Crippen LogP contribution >= 0.6 is 0 Å². The molecule has 82 valence electrons. The minimum Gasteiger partial charge on any atom is -0.298 e. The highest BCUT2D eigenvalue weighted by Gasteiger charge is 2.07. The molecule has 0 saturated heterocycles. The number of nitrogens with zero attached hydrogens (tertiary/aromatic N) is 2. The summed E-state index contributed by atoms with van der Waals surface area (Å²) in [7, 11) is 0. The van der Waals surface area contributed by atoms with Gasteiger partial charge in [-0.15, -0.1) is 0 Å². The zero-order valence-corrected chi connectivity index (χ0v) is 8.72. The van der Waals surface area contributed by atoms with E-state index < -0.39 is 5.82 Å². The molecule has 0 fully saturated rings. The summed E-state index contributed by atoms with van der Waals surface area (Å²) in [5, 5.41) is 8.63. The van der Waals surface area contributed by atoms with Crippen molar-refractivity contribution in [3.8, 4) is 17.3 Å². The number of rotatable bonds is 2. The van der Waals surface area contributed by atoms with E-state index in [0.29, 0.717) is 23.1 Å². The average Bonchev–Trinajstić information content (AvgIpc) is 2.39. The minimum atomic E-state index is -0.451. The molecule has 0 aliphatic carbocycles. The van der Waals surface area contributed by atoms with Gasteiger partial charge in [0.25, 0.3) is 0 Å². The van der Waals surface area contributed by atoms with Crippen LogP contribution in [0.15, 0.2) is 36.5 Å². The summed E-state index contributed by atoms with van der Waals surface area (Å²) in [4.78, 5) is 14.6. The number of halogens is 1. The molecule has 17 heavy (non-hydrogen) atoms. The maximum atomic E-state index is 13.6. The Labute approximate surface area is 97.2 Å². The Hall–Kier alpha value is -2.54. The normalized spacial score (nSPS) is 9.65. The molecule has 0 bridgehead atoms.